The highest BCUT2D eigenvalue weighted by Gasteiger charge is 2.09. The Morgan fingerprint density at radius 3 is 2.62 bits per heavy atom. The summed E-state index contributed by atoms with van der Waals surface area (Å²) in [5, 5.41) is 3.41. The van der Waals surface area contributed by atoms with Gasteiger partial charge in [0.1, 0.15) is 0 Å². The average molecular weight is 207 g/mol. The van der Waals surface area contributed by atoms with Crippen molar-refractivity contribution in [2.75, 3.05) is 12.9 Å². The minimum Gasteiger partial charge on any atom is -0.270 e. The Hall–Kier alpha value is -0.780. The number of nitrogens with zero attached hydrogens (tertiary/aromatic N) is 3. The van der Waals surface area contributed by atoms with E-state index in [-0.39, 0.29) is 6.61 Å². The molecule has 0 rings (SSSR count). The van der Waals surface area contributed by atoms with E-state index in [0.717, 1.165) is 12.7 Å². The summed E-state index contributed by atoms with van der Waals surface area (Å²) in [6.45, 7) is 1.84. The van der Waals surface area contributed by atoms with Crippen molar-refractivity contribution >= 4 is 10.1 Å². The monoisotopic (exact) mass is 207 g/mol. The summed E-state index contributed by atoms with van der Waals surface area (Å²) in [7, 11) is -3.44. The molecular formula is C6H13N3O3S. The van der Waals surface area contributed by atoms with Crippen LogP contribution in [0.4, 0.5) is 0 Å². The lowest BCUT2D eigenvalue weighted by molar-refractivity contribution is 0.287. The van der Waals surface area contributed by atoms with Crippen molar-refractivity contribution < 1.29 is 12.6 Å². The maximum Gasteiger partial charge on any atom is 0.264 e. The summed E-state index contributed by atoms with van der Waals surface area (Å²) in [6, 6.07) is -0.398. The Kier molecular flexibility index (Phi) is 5.45. The highest BCUT2D eigenvalue weighted by Crippen LogP contribution is 2.04. The maximum atomic E-state index is 10.6. The lowest BCUT2D eigenvalue weighted by Crippen LogP contribution is -2.15. The smallest absolute Gasteiger partial charge is 0.264 e. The Bertz CT molecular complexity index is 281. The van der Waals surface area contributed by atoms with Gasteiger partial charge in [-0.2, -0.15) is 8.42 Å². The first-order valence-corrected chi connectivity index (χ1v) is 5.70. The molecule has 0 radical (unpaired) electrons. The van der Waals surface area contributed by atoms with E-state index < -0.39 is 16.2 Å². The third kappa shape index (κ3) is 7.58. The van der Waals surface area contributed by atoms with Crippen LogP contribution in [0.1, 0.15) is 19.8 Å². The summed E-state index contributed by atoms with van der Waals surface area (Å²) in [5.74, 6) is 0. The molecule has 0 spiro atoms. The Labute approximate surface area is 77.6 Å². The molecule has 13 heavy (non-hydrogen) atoms. The van der Waals surface area contributed by atoms with E-state index in [4.69, 9.17) is 5.53 Å². The number of rotatable bonds is 6. The molecule has 0 saturated carbocycles. The molecule has 6 nitrogen and oxygen atoms in total. The molecule has 0 N–H and O–H groups in total. The zero-order valence-electron chi connectivity index (χ0n) is 7.67. The summed E-state index contributed by atoms with van der Waals surface area (Å²) in [5.41, 5.74) is 8.15. The molecule has 76 valence electrons. The third-order valence-corrected chi connectivity index (χ3v) is 1.88. The van der Waals surface area contributed by atoms with Gasteiger partial charge in [0.15, 0.2) is 0 Å². The van der Waals surface area contributed by atoms with Crippen LogP contribution < -0.4 is 0 Å². The summed E-state index contributed by atoms with van der Waals surface area (Å²) >= 11 is 0. The van der Waals surface area contributed by atoms with Crippen LogP contribution in [0.15, 0.2) is 5.11 Å². The van der Waals surface area contributed by atoms with Crippen LogP contribution in [0.2, 0.25) is 0 Å². The molecule has 1 atom stereocenters. The van der Waals surface area contributed by atoms with Gasteiger partial charge >= 0.3 is 0 Å². The fourth-order valence-corrected chi connectivity index (χ4v) is 1.19. The fraction of sp³-hybridized carbons (Fsp3) is 1.00. The van der Waals surface area contributed by atoms with Gasteiger partial charge in [-0.1, -0.05) is 18.5 Å². The number of hydrogen-bond donors (Lipinski definition) is 0. The zero-order chi connectivity index (χ0) is 10.3. The van der Waals surface area contributed by atoms with Gasteiger partial charge in [-0.3, -0.25) is 4.18 Å². The van der Waals surface area contributed by atoms with Crippen LogP contribution in [-0.4, -0.2) is 27.3 Å². The van der Waals surface area contributed by atoms with E-state index in [1.165, 1.54) is 0 Å². The van der Waals surface area contributed by atoms with Crippen molar-refractivity contribution in [1.82, 2.24) is 0 Å². The third-order valence-electron chi connectivity index (χ3n) is 1.31. The van der Waals surface area contributed by atoms with Crippen molar-refractivity contribution in [1.29, 1.82) is 0 Å². The Morgan fingerprint density at radius 2 is 2.23 bits per heavy atom. The highest BCUT2D eigenvalue weighted by atomic mass is 32.2. The van der Waals surface area contributed by atoms with E-state index in [1.807, 2.05) is 6.92 Å². The lowest BCUT2D eigenvalue weighted by atomic mass is 10.2. The Morgan fingerprint density at radius 1 is 1.62 bits per heavy atom. The highest BCUT2D eigenvalue weighted by molar-refractivity contribution is 7.85. The van der Waals surface area contributed by atoms with Gasteiger partial charge in [-0.15, -0.1) is 0 Å². The van der Waals surface area contributed by atoms with Crippen molar-refractivity contribution in [2.24, 2.45) is 5.11 Å². The average Bonchev–Trinajstić information content (AvgIpc) is 2.00. The van der Waals surface area contributed by atoms with E-state index >= 15 is 0 Å². The fourth-order valence-electron chi connectivity index (χ4n) is 0.783. The molecule has 0 saturated heterocycles. The molecular weight excluding hydrogens is 194 g/mol. The molecule has 0 aromatic heterocycles. The van der Waals surface area contributed by atoms with Crippen LogP contribution in [0.5, 0.6) is 0 Å². The normalized spacial score (nSPS) is 13.4. The van der Waals surface area contributed by atoms with Crippen LogP contribution in [0, 0.1) is 0 Å². The molecule has 7 heteroatoms. The van der Waals surface area contributed by atoms with Crippen LogP contribution >= 0.6 is 0 Å². The van der Waals surface area contributed by atoms with Crippen molar-refractivity contribution in [3.63, 3.8) is 0 Å². The van der Waals surface area contributed by atoms with Crippen molar-refractivity contribution in [3.8, 4) is 0 Å². The molecule has 0 amide bonds. The number of hydrogen-bond acceptors (Lipinski definition) is 4. The molecule has 0 aromatic rings. The first kappa shape index (κ1) is 12.2. The second-order valence-corrected chi connectivity index (χ2v) is 4.28. The maximum absolute atomic E-state index is 10.6. The van der Waals surface area contributed by atoms with Gasteiger partial charge < -0.3 is 0 Å². The Balaban J connectivity index is 4.03. The minimum absolute atomic E-state index is 0.0727. The van der Waals surface area contributed by atoms with Gasteiger partial charge in [-0.05, 0) is 12.0 Å². The van der Waals surface area contributed by atoms with E-state index in [9.17, 15) is 8.42 Å². The second kappa shape index (κ2) is 5.80. The first-order valence-electron chi connectivity index (χ1n) is 3.88. The predicted molar refractivity (Wildman–Crippen MR) is 48.6 cm³/mol. The van der Waals surface area contributed by atoms with Crippen LogP contribution in [-0.2, 0) is 14.3 Å². The second-order valence-electron chi connectivity index (χ2n) is 2.64. The van der Waals surface area contributed by atoms with Crippen molar-refractivity contribution in [2.45, 2.75) is 25.8 Å². The molecule has 0 aliphatic heterocycles. The largest absolute Gasteiger partial charge is 0.270 e. The predicted octanol–water partition coefficient (Wildman–Crippen LogP) is 1.44. The number of azide groups is 1. The molecule has 0 aromatic carbocycles. The zero-order valence-corrected chi connectivity index (χ0v) is 8.49. The quantitative estimate of drug-likeness (QED) is 0.285. The van der Waals surface area contributed by atoms with Gasteiger partial charge in [-0.25, -0.2) is 0 Å². The van der Waals surface area contributed by atoms with Gasteiger partial charge in [0, 0.05) is 4.91 Å². The summed E-state index contributed by atoms with van der Waals surface area (Å²) in [4.78, 5) is 2.61. The van der Waals surface area contributed by atoms with E-state index in [1.54, 1.807) is 0 Å². The summed E-state index contributed by atoms with van der Waals surface area (Å²) in [6.07, 6.45) is 2.41. The minimum atomic E-state index is -3.44. The van der Waals surface area contributed by atoms with Crippen LogP contribution in [0.25, 0.3) is 10.4 Å². The molecule has 0 aliphatic carbocycles. The van der Waals surface area contributed by atoms with Crippen LogP contribution in [0.3, 0.4) is 0 Å². The van der Waals surface area contributed by atoms with Crippen molar-refractivity contribution in [3.05, 3.63) is 10.4 Å². The standard InChI is InChI=1S/C6H13N3O3S/c1-3-4-6(8-9-7)5-12-13(2,10)11/h6H,3-5H2,1-2H3. The molecule has 1 unspecified atom stereocenters. The van der Waals surface area contributed by atoms with Gasteiger partial charge in [0.05, 0.1) is 18.9 Å². The molecule has 0 fully saturated rings. The van der Waals surface area contributed by atoms with Gasteiger partial charge in [0.2, 0.25) is 0 Å². The van der Waals surface area contributed by atoms with E-state index in [0.29, 0.717) is 6.42 Å². The molecule has 0 bridgehead atoms. The molecule has 0 heterocycles. The summed E-state index contributed by atoms with van der Waals surface area (Å²) < 4.78 is 25.7. The van der Waals surface area contributed by atoms with E-state index in [2.05, 4.69) is 14.2 Å². The topological polar surface area (TPSA) is 92.1 Å². The first-order chi connectivity index (χ1) is 5.99. The molecule has 0 aliphatic rings. The lowest BCUT2D eigenvalue weighted by Gasteiger charge is -2.07. The van der Waals surface area contributed by atoms with Gasteiger partial charge in [0.25, 0.3) is 10.1 Å². The SMILES string of the molecule is CCCC(COS(C)(=O)=O)N=[N+]=[N-].